The Morgan fingerprint density at radius 3 is 2.52 bits per heavy atom. The molecular weight excluding hydrogens is 402 g/mol. The van der Waals surface area contributed by atoms with Crippen LogP contribution < -0.4 is 9.64 Å². The monoisotopic (exact) mass is 423 g/mol. The van der Waals surface area contributed by atoms with Gasteiger partial charge in [0.1, 0.15) is 19.3 Å². The van der Waals surface area contributed by atoms with Crippen molar-refractivity contribution in [2.45, 2.75) is 13.0 Å². The lowest BCUT2D eigenvalue weighted by molar-refractivity contribution is -0.907. The van der Waals surface area contributed by atoms with Crippen LogP contribution in [0.3, 0.4) is 0 Å². The maximum Gasteiger partial charge on any atom is 0.410 e. The van der Waals surface area contributed by atoms with E-state index in [0.29, 0.717) is 39.3 Å². The SMILES string of the molecule is CCOC(=O)N1CC[NH+](C[C@H](O)COc2c(F)cc(Br)cc2F)CC1. The second kappa shape index (κ2) is 9.30. The number of carbonyl (C=O) groups is 1. The van der Waals surface area contributed by atoms with Crippen LogP contribution >= 0.6 is 15.9 Å². The Balaban J connectivity index is 1.76. The van der Waals surface area contributed by atoms with Gasteiger partial charge in [-0.25, -0.2) is 13.6 Å². The predicted molar refractivity (Wildman–Crippen MR) is 89.7 cm³/mol. The zero-order valence-electron chi connectivity index (χ0n) is 13.9. The van der Waals surface area contributed by atoms with Crippen LogP contribution in [0.25, 0.3) is 0 Å². The molecular formula is C16H22BrF2N2O4+. The summed E-state index contributed by atoms with van der Waals surface area (Å²) in [4.78, 5) is 14.3. The van der Waals surface area contributed by atoms with Gasteiger partial charge in [-0.2, -0.15) is 0 Å². The third-order valence-electron chi connectivity index (χ3n) is 3.90. The Kier molecular flexibility index (Phi) is 7.39. The third kappa shape index (κ3) is 5.79. The number of ether oxygens (including phenoxy) is 2. The number of carbonyl (C=O) groups excluding carboxylic acids is 1. The Hall–Kier alpha value is -1.45. The van der Waals surface area contributed by atoms with Gasteiger partial charge in [0.05, 0.1) is 32.8 Å². The summed E-state index contributed by atoms with van der Waals surface area (Å²) in [7, 11) is 0. The number of quaternary nitrogens is 1. The first kappa shape index (κ1) is 19.9. The van der Waals surface area contributed by atoms with Gasteiger partial charge in [-0.3, -0.25) is 4.90 Å². The molecule has 0 unspecified atom stereocenters. The van der Waals surface area contributed by atoms with E-state index in [2.05, 4.69) is 15.9 Å². The summed E-state index contributed by atoms with van der Waals surface area (Å²) in [5.41, 5.74) is 0. The number of aliphatic hydroxyl groups excluding tert-OH is 1. The molecule has 6 nitrogen and oxygen atoms in total. The Morgan fingerprint density at radius 2 is 1.96 bits per heavy atom. The molecule has 1 atom stereocenters. The summed E-state index contributed by atoms with van der Waals surface area (Å²) in [5, 5.41) is 10.1. The molecule has 9 heteroatoms. The minimum absolute atomic E-state index is 0.208. The Bertz CT molecular complexity index is 574. The lowest BCUT2D eigenvalue weighted by Gasteiger charge is -2.32. The van der Waals surface area contributed by atoms with Crippen LogP contribution in [0.1, 0.15) is 6.92 Å². The quantitative estimate of drug-likeness (QED) is 0.710. The normalized spacial score (nSPS) is 16.6. The molecule has 0 bridgehead atoms. The Morgan fingerprint density at radius 1 is 1.36 bits per heavy atom. The van der Waals surface area contributed by atoms with E-state index in [4.69, 9.17) is 9.47 Å². The largest absolute Gasteiger partial charge is 0.485 e. The fraction of sp³-hybridized carbons (Fsp3) is 0.562. The van der Waals surface area contributed by atoms with Gasteiger partial charge in [0.25, 0.3) is 0 Å². The molecule has 1 aliphatic heterocycles. The predicted octanol–water partition coefficient (Wildman–Crippen LogP) is 0.824. The summed E-state index contributed by atoms with van der Waals surface area (Å²) in [6.45, 7) is 4.66. The van der Waals surface area contributed by atoms with Gasteiger partial charge >= 0.3 is 6.09 Å². The van der Waals surface area contributed by atoms with E-state index in [1.807, 2.05) is 0 Å². The number of halogens is 3. The van der Waals surface area contributed by atoms with Crippen molar-refractivity contribution in [1.29, 1.82) is 0 Å². The van der Waals surface area contributed by atoms with E-state index in [1.165, 1.54) is 0 Å². The molecule has 2 rings (SSSR count). The highest BCUT2D eigenvalue weighted by Crippen LogP contribution is 2.25. The first-order chi connectivity index (χ1) is 11.9. The number of hydrogen-bond donors (Lipinski definition) is 2. The standard InChI is InChI=1S/C16H21BrF2N2O4/c1-2-24-16(23)21-5-3-20(4-6-21)9-12(22)10-25-15-13(18)7-11(17)8-14(15)19/h7-8,12,22H,2-6,9-10H2,1H3/p+1/t12-/m0/s1. The summed E-state index contributed by atoms with van der Waals surface area (Å²) in [6.07, 6.45) is -1.20. The second-order valence-corrected chi connectivity index (χ2v) is 6.72. The minimum Gasteiger partial charge on any atom is -0.485 e. The molecule has 1 fully saturated rings. The molecule has 1 aliphatic rings. The van der Waals surface area contributed by atoms with Crippen LogP contribution in [0.15, 0.2) is 16.6 Å². The lowest BCUT2D eigenvalue weighted by atomic mass is 10.2. The van der Waals surface area contributed by atoms with Gasteiger partial charge in [0.15, 0.2) is 17.4 Å². The molecule has 1 aromatic carbocycles. The van der Waals surface area contributed by atoms with E-state index >= 15 is 0 Å². The minimum atomic E-state index is -0.869. The zero-order valence-corrected chi connectivity index (χ0v) is 15.5. The van der Waals surface area contributed by atoms with Crippen LogP contribution in [0.2, 0.25) is 0 Å². The molecule has 25 heavy (non-hydrogen) atoms. The number of nitrogens with zero attached hydrogens (tertiary/aromatic N) is 1. The topological polar surface area (TPSA) is 63.4 Å². The summed E-state index contributed by atoms with van der Waals surface area (Å²) in [5.74, 6) is -2.15. The van der Waals surface area contributed by atoms with Crippen molar-refractivity contribution < 1.29 is 33.1 Å². The third-order valence-corrected chi connectivity index (χ3v) is 4.36. The van der Waals surface area contributed by atoms with Crippen LogP contribution in [0, 0.1) is 11.6 Å². The maximum absolute atomic E-state index is 13.7. The second-order valence-electron chi connectivity index (χ2n) is 5.80. The van der Waals surface area contributed by atoms with Gasteiger partial charge in [-0.15, -0.1) is 0 Å². The van der Waals surface area contributed by atoms with Crippen molar-refractivity contribution in [3.8, 4) is 5.75 Å². The van der Waals surface area contributed by atoms with Crippen molar-refractivity contribution in [2.75, 3.05) is 45.9 Å². The first-order valence-corrected chi connectivity index (χ1v) is 8.90. The van der Waals surface area contributed by atoms with E-state index in [-0.39, 0.29) is 17.2 Å². The van der Waals surface area contributed by atoms with E-state index in [0.717, 1.165) is 17.0 Å². The number of hydrogen-bond acceptors (Lipinski definition) is 4. The van der Waals surface area contributed by atoms with E-state index in [1.54, 1.807) is 11.8 Å². The van der Waals surface area contributed by atoms with Crippen LogP contribution in [-0.4, -0.2) is 68.1 Å². The number of rotatable bonds is 6. The highest BCUT2D eigenvalue weighted by molar-refractivity contribution is 9.10. The molecule has 1 amide bonds. The van der Waals surface area contributed by atoms with Gasteiger partial charge < -0.3 is 19.5 Å². The average Bonchev–Trinajstić information content (AvgIpc) is 2.54. The summed E-state index contributed by atoms with van der Waals surface area (Å²) >= 11 is 2.99. The molecule has 1 saturated heterocycles. The van der Waals surface area contributed by atoms with Crippen molar-refractivity contribution in [3.63, 3.8) is 0 Å². The number of nitrogens with one attached hydrogen (secondary N) is 1. The molecule has 0 aromatic heterocycles. The molecule has 0 aliphatic carbocycles. The smallest absolute Gasteiger partial charge is 0.410 e. The van der Waals surface area contributed by atoms with Gasteiger partial charge in [0.2, 0.25) is 0 Å². The molecule has 0 saturated carbocycles. The molecule has 1 aromatic rings. The maximum atomic E-state index is 13.7. The van der Waals surface area contributed by atoms with Gasteiger partial charge in [-0.1, -0.05) is 15.9 Å². The van der Waals surface area contributed by atoms with Crippen molar-refractivity contribution in [3.05, 3.63) is 28.2 Å². The van der Waals surface area contributed by atoms with Crippen LogP contribution in [-0.2, 0) is 4.74 Å². The van der Waals surface area contributed by atoms with E-state index in [9.17, 15) is 18.7 Å². The molecule has 2 N–H and O–H groups in total. The number of amides is 1. The summed E-state index contributed by atoms with van der Waals surface area (Å²) in [6, 6.07) is 2.20. The van der Waals surface area contributed by atoms with Gasteiger partial charge in [-0.05, 0) is 19.1 Å². The Labute approximate surface area is 153 Å². The van der Waals surface area contributed by atoms with Gasteiger partial charge in [0, 0.05) is 4.47 Å². The highest BCUT2D eigenvalue weighted by Gasteiger charge is 2.26. The average molecular weight is 424 g/mol. The number of benzene rings is 1. The molecule has 140 valence electrons. The zero-order chi connectivity index (χ0) is 18.4. The summed E-state index contributed by atoms with van der Waals surface area (Å²) < 4.78 is 37.7. The highest BCUT2D eigenvalue weighted by atomic mass is 79.9. The van der Waals surface area contributed by atoms with Crippen molar-refractivity contribution in [2.24, 2.45) is 0 Å². The van der Waals surface area contributed by atoms with E-state index < -0.39 is 23.5 Å². The fourth-order valence-corrected chi connectivity index (χ4v) is 3.06. The number of aliphatic hydroxyl groups is 1. The molecule has 1 heterocycles. The molecule has 0 radical (unpaired) electrons. The van der Waals surface area contributed by atoms with Crippen molar-refractivity contribution in [1.82, 2.24) is 4.90 Å². The first-order valence-electron chi connectivity index (χ1n) is 8.11. The molecule has 0 spiro atoms. The van der Waals surface area contributed by atoms with Crippen molar-refractivity contribution >= 4 is 22.0 Å². The number of piperazine rings is 1. The lowest BCUT2D eigenvalue weighted by Crippen LogP contribution is -3.16. The van der Waals surface area contributed by atoms with Crippen LogP contribution in [0.5, 0.6) is 5.75 Å². The fourth-order valence-electron chi connectivity index (χ4n) is 2.66. The van der Waals surface area contributed by atoms with Crippen LogP contribution in [0.4, 0.5) is 13.6 Å².